The number of hydrogen-bond acceptors (Lipinski definition) is 2. The van der Waals surface area contributed by atoms with Crippen LogP contribution in [0.1, 0.15) is 32.6 Å². The molecule has 0 saturated carbocycles. The van der Waals surface area contributed by atoms with Gasteiger partial charge in [-0.25, -0.2) is 0 Å². The first-order valence-corrected chi connectivity index (χ1v) is 5.49. The Morgan fingerprint density at radius 3 is 2.21 bits per heavy atom. The molecule has 2 rings (SSSR count). The van der Waals surface area contributed by atoms with Crippen LogP contribution >= 0.6 is 15.9 Å². The molecule has 1 aromatic carbocycles. The number of halogens is 1. The Kier molecular flexibility index (Phi) is 2.41. The number of hydroxylamine groups is 2. The third-order valence-electron chi connectivity index (χ3n) is 2.20. The second-order valence-corrected chi connectivity index (χ2v) is 5.42. The molecule has 1 heterocycles. The van der Waals surface area contributed by atoms with Gasteiger partial charge >= 0.3 is 0 Å². The van der Waals surface area contributed by atoms with E-state index in [1.54, 1.807) is 0 Å². The maximum atomic E-state index is 5.53. The number of rotatable bonds is 1. The zero-order valence-electron chi connectivity index (χ0n) is 8.62. The molecule has 1 fully saturated rings. The van der Waals surface area contributed by atoms with Crippen LogP contribution in [0.4, 0.5) is 0 Å². The van der Waals surface area contributed by atoms with Crippen molar-refractivity contribution < 1.29 is 4.84 Å². The van der Waals surface area contributed by atoms with E-state index in [-0.39, 0.29) is 11.8 Å². The Labute approximate surface area is 92.9 Å². The van der Waals surface area contributed by atoms with Gasteiger partial charge in [-0.1, -0.05) is 28.1 Å². The van der Waals surface area contributed by atoms with Gasteiger partial charge in [-0.15, -0.1) is 5.06 Å². The van der Waals surface area contributed by atoms with Gasteiger partial charge in [0.15, 0.2) is 6.23 Å². The highest BCUT2D eigenvalue weighted by Crippen LogP contribution is 2.43. The molecule has 0 radical (unpaired) electrons. The highest BCUT2D eigenvalue weighted by atomic mass is 79.9. The van der Waals surface area contributed by atoms with E-state index in [1.807, 2.05) is 17.2 Å². The average Bonchev–Trinajstić information content (AvgIpc) is 2.83. The number of hydrogen-bond donors (Lipinski definition) is 0. The summed E-state index contributed by atoms with van der Waals surface area (Å²) in [5.74, 6) is 0. The molecule has 76 valence electrons. The highest BCUT2D eigenvalue weighted by Gasteiger charge is 2.45. The quantitative estimate of drug-likeness (QED) is 0.714. The molecule has 0 N–H and O–H groups in total. The third-order valence-corrected chi connectivity index (χ3v) is 2.73. The summed E-state index contributed by atoms with van der Waals surface area (Å²) >= 11 is 3.42. The molecule has 2 atom stereocenters. The Hall–Kier alpha value is -0.380. The monoisotopic (exact) mass is 255 g/mol. The van der Waals surface area contributed by atoms with Gasteiger partial charge in [-0.05, 0) is 38.5 Å². The van der Waals surface area contributed by atoms with Crippen LogP contribution in [0.2, 0.25) is 0 Å². The van der Waals surface area contributed by atoms with Gasteiger partial charge in [0.1, 0.15) is 0 Å². The molecule has 0 amide bonds. The fourth-order valence-corrected chi connectivity index (χ4v) is 1.68. The van der Waals surface area contributed by atoms with Crippen molar-refractivity contribution in [2.75, 3.05) is 0 Å². The minimum absolute atomic E-state index is 0.0811. The molecule has 0 spiro atoms. The van der Waals surface area contributed by atoms with E-state index in [9.17, 15) is 0 Å². The molecule has 3 heteroatoms. The van der Waals surface area contributed by atoms with Crippen LogP contribution in [0.25, 0.3) is 0 Å². The molecule has 1 saturated heterocycles. The second-order valence-electron chi connectivity index (χ2n) is 4.51. The maximum Gasteiger partial charge on any atom is 0.180 e. The van der Waals surface area contributed by atoms with E-state index in [2.05, 4.69) is 48.8 Å². The van der Waals surface area contributed by atoms with Gasteiger partial charge in [-0.3, -0.25) is 4.84 Å². The van der Waals surface area contributed by atoms with Crippen LogP contribution in [0.15, 0.2) is 28.7 Å². The molecule has 1 unspecified atom stereocenters. The minimum atomic E-state index is 0.0811. The Morgan fingerprint density at radius 1 is 1.21 bits per heavy atom. The molecule has 0 aromatic heterocycles. The fourth-order valence-electron chi connectivity index (χ4n) is 1.41. The largest absolute Gasteiger partial charge is 0.269 e. The van der Waals surface area contributed by atoms with Crippen molar-refractivity contribution >= 4 is 15.9 Å². The van der Waals surface area contributed by atoms with Crippen molar-refractivity contribution in [2.45, 2.75) is 32.5 Å². The smallest absolute Gasteiger partial charge is 0.180 e. The first kappa shape index (κ1) is 10.1. The number of nitrogens with zero attached hydrogens (tertiary/aromatic N) is 1. The summed E-state index contributed by atoms with van der Waals surface area (Å²) < 4.78 is 1.10. The van der Waals surface area contributed by atoms with E-state index < -0.39 is 0 Å². The van der Waals surface area contributed by atoms with E-state index in [1.165, 1.54) is 5.56 Å². The normalized spacial score (nSPS) is 26.3. The Bertz CT molecular complexity index is 328. The van der Waals surface area contributed by atoms with Crippen molar-refractivity contribution in [2.24, 2.45) is 0 Å². The van der Waals surface area contributed by atoms with Crippen molar-refractivity contribution in [1.29, 1.82) is 0 Å². The molecule has 14 heavy (non-hydrogen) atoms. The topological polar surface area (TPSA) is 15.5 Å². The second kappa shape index (κ2) is 3.33. The lowest BCUT2D eigenvalue weighted by atomic mass is 10.1. The third kappa shape index (κ3) is 2.00. The standard InChI is InChI=1S/C11H14BrNO/c1-11(2,3)13-10(14-13)8-4-6-9(12)7-5-8/h4-7,10H,1-3H3/t10-,13?/m1/s1. The summed E-state index contributed by atoms with van der Waals surface area (Å²) in [6.45, 7) is 6.43. The van der Waals surface area contributed by atoms with Gasteiger partial charge in [0.05, 0.1) is 0 Å². The van der Waals surface area contributed by atoms with Crippen LogP contribution in [0.5, 0.6) is 0 Å². The van der Waals surface area contributed by atoms with Crippen molar-refractivity contribution in [3.8, 4) is 0 Å². The van der Waals surface area contributed by atoms with Crippen LogP contribution in [0.3, 0.4) is 0 Å². The zero-order chi connectivity index (χ0) is 10.3. The van der Waals surface area contributed by atoms with Crippen molar-refractivity contribution in [3.63, 3.8) is 0 Å². The lowest BCUT2D eigenvalue weighted by Crippen LogP contribution is -2.25. The predicted molar refractivity (Wildman–Crippen MR) is 59.6 cm³/mol. The summed E-state index contributed by atoms with van der Waals surface area (Å²) in [6.07, 6.45) is 0.142. The van der Waals surface area contributed by atoms with Gasteiger partial charge in [-0.2, -0.15) is 0 Å². The molecular formula is C11H14BrNO. The first-order valence-electron chi connectivity index (χ1n) is 4.70. The lowest BCUT2D eigenvalue weighted by Gasteiger charge is -2.16. The molecule has 1 aliphatic rings. The zero-order valence-corrected chi connectivity index (χ0v) is 10.2. The molecule has 1 aromatic rings. The number of benzene rings is 1. The minimum Gasteiger partial charge on any atom is -0.269 e. The van der Waals surface area contributed by atoms with E-state index in [0.29, 0.717) is 0 Å². The first-order chi connectivity index (χ1) is 6.48. The highest BCUT2D eigenvalue weighted by molar-refractivity contribution is 9.10. The summed E-state index contributed by atoms with van der Waals surface area (Å²) in [5.41, 5.74) is 1.29. The summed E-state index contributed by atoms with van der Waals surface area (Å²) in [7, 11) is 0. The van der Waals surface area contributed by atoms with Crippen LogP contribution in [0, 0.1) is 0 Å². The predicted octanol–water partition coefficient (Wildman–Crippen LogP) is 3.49. The SMILES string of the molecule is CC(C)(C)N1O[C@@H]1c1ccc(Br)cc1. The molecule has 0 bridgehead atoms. The van der Waals surface area contributed by atoms with Crippen molar-refractivity contribution in [3.05, 3.63) is 34.3 Å². The molecule has 2 nitrogen and oxygen atoms in total. The van der Waals surface area contributed by atoms with Crippen LogP contribution in [-0.4, -0.2) is 10.6 Å². The molecule has 0 aliphatic carbocycles. The van der Waals surface area contributed by atoms with Gasteiger partial charge in [0.25, 0.3) is 0 Å². The summed E-state index contributed by atoms with van der Waals surface area (Å²) in [5, 5.41) is 2.01. The van der Waals surface area contributed by atoms with Crippen LogP contribution in [-0.2, 0) is 4.84 Å². The lowest BCUT2D eigenvalue weighted by molar-refractivity contribution is 0.101. The van der Waals surface area contributed by atoms with E-state index >= 15 is 0 Å². The van der Waals surface area contributed by atoms with Gasteiger partial charge in [0.2, 0.25) is 0 Å². The van der Waals surface area contributed by atoms with E-state index in [0.717, 1.165) is 4.47 Å². The molecular weight excluding hydrogens is 242 g/mol. The Morgan fingerprint density at radius 2 is 1.79 bits per heavy atom. The van der Waals surface area contributed by atoms with Gasteiger partial charge in [0, 0.05) is 10.0 Å². The summed E-state index contributed by atoms with van der Waals surface area (Å²) in [4.78, 5) is 5.53. The van der Waals surface area contributed by atoms with Gasteiger partial charge < -0.3 is 0 Å². The maximum absolute atomic E-state index is 5.53. The fraction of sp³-hybridized carbons (Fsp3) is 0.455. The van der Waals surface area contributed by atoms with Crippen LogP contribution < -0.4 is 0 Å². The van der Waals surface area contributed by atoms with E-state index in [4.69, 9.17) is 4.84 Å². The summed E-state index contributed by atoms with van der Waals surface area (Å²) in [6, 6.07) is 8.25. The molecule has 1 aliphatic heterocycles. The van der Waals surface area contributed by atoms with Crippen molar-refractivity contribution in [1.82, 2.24) is 5.06 Å². The average molecular weight is 256 g/mol. The Balaban J connectivity index is 2.10.